The molecule has 1 rings (SSSR count). The average molecular weight is 204 g/mol. The molecule has 14 heavy (non-hydrogen) atoms. The second-order valence-corrected chi connectivity index (χ2v) is 3.25. The minimum absolute atomic E-state index is 0.207. The van der Waals surface area contributed by atoms with Gasteiger partial charge in [-0.2, -0.15) is 0 Å². The van der Waals surface area contributed by atoms with Crippen molar-refractivity contribution in [1.29, 1.82) is 0 Å². The van der Waals surface area contributed by atoms with Crippen molar-refractivity contribution in [3.05, 3.63) is 0 Å². The molecule has 1 aliphatic heterocycles. The first kappa shape index (κ1) is 11.2. The van der Waals surface area contributed by atoms with Crippen LogP contribution in [0.25, 0.3) is 0 Å². The summed E-state index contributed by atoms with van der Waals surface area (Å²) in [5.41, 5.74) is 5.72. The molecule has 1 amide bonds. The predicted molar refractivity (Wildman–Crippen MR) is 49.2 cm³/mol. The molecule has 0 radical (unpaired) electrons. The Bertz CT molecular complexity index is 200. The van der Waals surface area contributed by atoms with E-state index in [9.17, 15) is 4.79 Å². The van der Waals surface area contributed by atoms with Gasteiger partial charge < -0.3 is 25.2 Å². The fourth-order valence-electron chi connectivity index (χ4n) is 1.41. The monoisotopic (exact) mass is 204 g/mol. The summed E-state index contributed by atoms with van der Waals surface area (Å²) in [4.78, 5) is 11.9. The molecule has 1 fully saturated rings. The number of nitrogens with two attached hydrogens (primary N) is 1. The third-order valence-electron chi connectivity index (χ3n) is 2.20. The van der Waals surface area contributed by atoms with Crippen molar-refractivity contribution >= 4 is 6.09 Å². The SMILES string of the molecule is COCCOC1CN(C(=O)O)CC1N. The maximum absolute atomic E-state index is 10.6. The summed E-state index contributed by atoms with van der Waals surface area (Å²) in [7, 11) is 1.58. The van der Waals surface area contributed by atoms with Gasteiger partial charge in [-0.25, -0.2) is 4.79 Å². The average Bonchev–Trinajstić information content (AvgIpc) is 2.49. The van der Waals surface area contributed by atoms with Crippen molar-refractivity contribution in [1.82, 2.24) is 4.90 Å². The Morgan fingerprint density at radius 2 is 2.29 bits per heavy atom. The normalized spacial score (nSPS) is 26.9. The topological polar surface area (TPSA) is 85.0 Å². The molecule has 0 aromatic heterocycles. The van der Waals surface area contributed by atoms with Crippen LogP contribution in [0.15, 0.2) is 0 Å². The fourth-order valence-corrected chi connectivity index (χ4v) is 1.41. The highest BCUT2D eigenvalue weighted by Crippen LogP contribution is 2.11. The molecule has 1 saturated heterocycles. The Morgan fingerprint density at radius 1 is 1.57 bits per heavy atom. The maximum atomic E-state index is 10.6. The van der Waals surface area contributed by atoms with Crippen molar-refractivity contribution in [2.75, 3.05) is 33.4 Å². The first-order valence-corrected chi connectivity index (χ1v) is 4.49. The van der Waals surface area contributed by atoms with Gasteiger partial charge in [0.05, 0.1) is 31.9 Å². The molecule has 6 nitrogen and oxygen atoms in total. The van der Waals surface area contributed by atoms with Crippen molar-refractivity contribution < 1.29 is 19.4 Å². The van der Waals surface area contributed by atoms with E-state index in [1.165, 1.54) is 4.90 Å². The number of hydrogen-bond donors (Lipinski definition) is 2. The largest absolute Gasteiger partial charge is 0.465 e. The van der Waals surface area contributed by atoms with E-state index >= 15 is 0 Å². The first-order chi connectivity index (χ1) is 6.65. The van der Waals surface area contributed by atoms with Crippen LogP contribution in [0.1, 0.15) is 0 Å². The molecular formula is C8H16N2O4. The first-order valence-electron chi connectivity index (χ1n) is 4.49. The summed E-state index contributed by atoms with van der Waals surface area (Å²) < 4.78 is 10.2. The lowest BCUT2D eigenvalue weighted by Gasteiger charge is -2.14. The van der Waals surface area contributed by atoms with E-state index in [0.29, 0.717) is 26.3 Å². The van der Waals surface area contributed by atoms with Crippen LogP contribution < -0.4 is 5.73 Å². The summed E-state index contributed by atoms with van der Waals surface area (Å²) in [6.07, 6.45) is -1.15. The van der Waals surface area contributed by atoms with Gasteiger partial charge in [0.2, 0.25) is 0 Å². The number of likely N-dealkylation sites (tertiary alicyclic amines) is 1. The summed E-state index contributed by atoms with van der Waals surface area (Å²) >= 11 is 0. The second kappa shape index (κ2) is 5.14. The molecule has 6 heteroatoms. The van der Waals surface area contributed by atoms with Crippen LogP contribution in [0.4, 0.5) is 4.79 Å². The van der Waals surface area contributed by atoms with Crippen molar-refractivity contribution in [3.8, 4) is 0 Å². The number of carboxylic acid groups (broad SMARTS) is 1. The van der Waals surface area contributed by atoms with E-state index in [1.807, 2.05) is 0 Å². The zero-order chi connectivity index (χ0) is 10.6. The minimum Gasteiger partial charge on any atom is -0.465 e. The van der Waals surface area contributed by atoms with E-state index in [-0.39, 0.29) is 12.1 Å². The summed E-state index contributed by atoms with van der Waals surface area (Å²) in [6.45, 7) is 1.63. The van der Waals surface area contributed by atoms with Crippen LogP contribution in [0, 0.1) is 0 Å². The van der Waals surface area contributed by atoms with Crippen LogP contribution in [-0.2, 0) is 9.47 Å². The summed E-state index contributed by atoms with van der Waals surface area (Å²) in [5, 5.41) is 8.71. The van der Waals surface area contributed by atoms with Gasteiger partial charge in [0.1, 0.15) is 0 Å². The van der Waals surface area contributed by atoms with E-state index in [4.69, 9.17) is 20.3 Å². The lowest BCUT2D eigenvalue weighted by Crippen LogP contribution is -2.35. The Balaban J connectivity index is 2.29. The molecule has 0 bridgehead atoms. The Morgan fingerprint density at radius 3 is 2.79 bits per heavy atom. The molecule has 1 heterocycles. The second-order valence-electron chi connectivity index (χ2n) is 3.25. The lowest BCUT2D eigenvalue weighted by atomic mass is 10.2. The maximum Gasteiger partial charge on any atom is 0.407 e. The highest BCUT2D eigenvalue weighted by atomic mass is 16.5. The van der Waals surface area contributed by atoms with Gasteiger partial charge >= 0.3 is 6.09 Å². The standard InChI is InChI=1S/C8H16N2O4/c1-13-2-3-14-7-5-10(8(11)12)4-6(7)9/h6-7H,2-5,9H2,1H3,(H,11,12). The highest BCUT2D eigenvalue weighted by molar-refractivity contribution is 5.65. The predicted octanol–water partition coefficient (Wildman–Crippen LogP) is -0.661. The summed E-state index contributed by atoms with van der Waals surface area (Å²) in [6, 6.07) is -0.233. The smallest absolute Gasteiger partial charge is 0.407 e. The van der Waals surface area contributed by atoms with Gasteiger partial charge in [0, 0.05) is 13.7 Å². The lowest BCUT2D eigenvalue weighted by molar-refractivity contribution is 0.0167. The Labute approximate surface area is 82.6 Å². The number of rotatable bonds is 4. The van der Waals surface area contributed by atoms with E-state index in [2.05, 4.69) is 0 Å². The molecule has 0 aromatic rings. The quantitative estimate of drug-likeness (QED) is 0.594. The van der Waals surface area contributed by atoms with Crippen molar-refractivity contribution in [2.45, 2.75) is 12.1 Å². The van der Waals surface area contributed by atoms with Crippen molar-refractivity contribution in [3.63, 3.8) is 0 Å². The highest BCUT2D eigenvalue weighted by Gasteiger charge is 2.33. The van der Waals surface area contributed by atoms with Gasteiger partial charge in [-0.05, 0) is 0 Å². The number of carbonyl (C=O) groups is 1. The van der Waals surface area contributed by atoms with Crippen LogP contribution in [0.5, 0.6) is 0 Å². The van der Waals surface area contributed by atoms with Crippen molar-refractivity contribution in [2.24, 2.45) is 5.73 Å². The molecule has 0 saturated carbocycles. The van der Waals surface area contributed by atoms with Gasteiger partial charge in [-0.3, -0.25) is 0 Å². The number of amides is 1. The van der Waals surface area contributed by atoms with Crippen LogP contribution >= 0.6 is 0 Å². The molecule has 0 spiro atoms. The fraction of sp³-hybridized carbons (Fsp3) is 0.875. The molecule has 3 N–H and O–H groups in total. The van der Waals surface area contributed by atoms with E-state index < -0.39 is 6.09 Å². The number of ether oxygens (including phenoxy) is 2. The Hall–Kier alpha value is -0.850. The van der Waals surface area contributed by atoms with Gasteiger partial charge in [0.15, 0.2) is 0 Å². The van der Waals surface area contributed by atoms with E-state index in [0.717, 1.165) is 0 Å². The van der Waals surface area contributed by atoms with Crippen LogP contribution in [-0.4, -0.2) is 61.7 Å². The molecule has 1 aliphatic rings. The van der Waals surface area contributed by atoms with Gasteiger partial charge in [-0.15, -0.1) is 0 Å². The molecular weight excluding hydrogens is 188 g/mol. The van der Waals surface area contributed by atoms with Crippen LogP contribution in [0.2, 0.25) is 0 Å². The summed E-state index contributed by atoms with van der Waals surface area (Å²) in [5.74, 6) is 0. The number of nitrogens with zero attached hydrogens (tertiary/aromatic N) is 1. The molecule has 82 valence electrons. The van der Waals surface area contributed by atoms with Gasteiger partial charge in [0.25, 0.3) is 0 Å². The molecule has 0 aliphatic carbocycles. The Kier molecular flexibility index (Phi) is 4.12. The molecule has 2 unspecified atom stereocenters. The van der Waals surface area contributed by atoms with Crippen LogP contribution in [0.3, 0.4) is 0 Å². The van der Waals surface area contributed by atoms with Gasteiger partial charge in [-0.1, -0.05) is 0 Å². The molecule has 0 aromatic carbocycles. The zero-order valence-electron chi connectivity index (χ0n) is 8.18. The third kappa shape index (κ3) is 2.83. The third-order valence-corrected chi connectivity index (χ3v) is 2.20. The number of hydrogen-bond acceptors (Lipinski definition) is 4. The van der Waals surface area contributed by atoms with E-state index in [1.54, 1.807) is 7.11 Å². The molecule has 2 atom stereocenters. The zero-order valence-corrected chi connectivity index (χ0v) is 8.18. The minimum atomic E-state index is -0.946. The number of methoxy groups -OCH3 is 1.